The Morgan fingerprint density at radius 3 is 2.90 bits per heavy atom. The molecule has 0 bridgehead atoms. The van der Waals surface area contributed by atoms with Crippen molar-refractivity contribution in [3.8, 4) is 0 Å². The van der Waals surface area contributed by atoms with Gasteiger partial charge in [-0.25, -0.2) is 8.78 Å². The maximum Gasteiger partial charge on any atom is 0.224 e. The predicted octanol–water partition coefficient (Wildman–Crippen LogP) is 3.45. The Labute approximate surface area is 125 Å². The Bertz CT molecular complexity index is 490. The first kappa shape index (κ1) is 15.4. The molecule has 1 aliphatic heterocycles. The zero-order chi connectivity index (χ0) is 14.5. The molecule has 1 heterocycles. The van der Waals surface area contributed by atoms with E-state index in [0.717, 1.165) is 44.5 Å². The van der Waals surface area contributed by atoms with E-state index in [2.05, 4.69) is 26.6 Å². The number of anilines is 1. The average molecular weight is 347 g/mol. The van der Waals surface area contributed by atoms with Gasteiger partial charge in [0.05, 0.1) is 10.2 Å². The number of nitrogens with one attached hydrogen (secondary N) is 2. The summed E-state index contributed by atoms with van der Waals surface area (Å²) in [5, 5.41) is 5.71. The van der Waals surface area contributed by atoms with Gasteiger partial charge in [0.1, 0.15) is 11.6 Å². The highest BCUT2D eigenvalue weighted by Crippen LogP contribution is 2.24. The molecule has 110 valence electrons. The second kappa shape index (κ2) is 7.13. The van der Waals surface area contributed by atoms with Gasteiger partial charge in [0.15, 0.2) is 0 Å². The fourth-order valence-corrected chi connectivity index (χ4v) is 2.65. The van der Waals surface area contributed by atoms with E-state index in [4.69, 9.17) is 0 Å². The van der Waals surface area contributed by atoms with Gasteiger partial charge in [0, 0.05) is 12.5 Å². The molecule has 1 aromatic carbocycles. The van der Waals surface area contributed by atoms with Crippen molar-refractivity contribution in [2.75, 3.05) is 18.4 Å². The molecule has 1 aliphatic rings. The summed E-state index contributed by atoms with van der Waals surface area (Å²) in [4.78, 5) is 11.8. The normalized spacial score (nSPS) is 18.9. The standard InChI is InChI=1S/C14H17BrF2N2O/c15-10-6-12(17)13(7-11(10)16)19-14(20)4-3-9-2-1-5-18-8-9/h6-7,9,18H,1-5,8H2,(H,19,20). The third-order valence-corrected chi connectivity index (χ3v) is 4.07. The van der Waals surface area contributed by atoms with Crippen LogP contribution in [-0.4, -0.2) is 19.0 Å². The average Bonchev–Trinajstić information content (AvgIpc) is 2.44. The third kappa shape index (κ3) is 4.24. The molecule has 1 unspecified atom stereocenters. The first-order valence-electron chi connectivity index (χ1n) is 6.71. The van der Waals surface area contributed by atoms with Gasteiger partial charge in [-0.05, 0) is 60.3 Å². The number of carbonyl (C=O) groups is 1. The van der Waals surface area contributed by atoms with Crippen molar-refractivity contribution in [3.63, 3.8) is 0 Å². The molecule has 0 aromatic heterocycles. The van der Waals surface area contributed by atoms with E-state index in [9.17, 15) is 13.6 Å². The number of piperidine rings is 1. The van der Waals surface area contributed by atoms with Crippen LogP contribution in [0.4, 0.5) is 14.5 Å². The van der Waals surface area contributed by atoms with Crippen molar-refractivity contribution < 1.29 is 13.6 Å². The van der Waals surface area contributed by atoms with Gasteiger partial charge in [-0.1, -0.05) is 0 Å². The predicted molar refractivity (Wildman–Crippen MR) is 77.5 cm³/mol. The Hall–Kier alpha value is -1.01. The summed E-state index contributed by atoms with van der Waals surface area (Å²) in [6.07, 6.45) is 3.32. The topological polar surface area (TPSA) is 41.1 Å². The molecule has 3 nitrogen and oxygen atoms in total. The summed E-state index contributed by atoms with van der Waals surface area (Å²) in [5.41, 5.74) is -0.113. The van der Waals surface area contributed by atoms with Gasteiger partial charge in [-0.3, -0.25) is 4.79 Å². The van der Waals surface area contributed by atoms with E-state index in [0.29, 0.717) is 12.3 Å². The quantitative estimate of drug-likeness (QED) is 0.820. The van der Waals surface area contributed by atoms with Crippen LogP contribution in [0.15, 0.2) is 16.6 Å². The zero-order valence-electron chi connectivity index (χ0n) is 11.0. The van der Waals surface area contributed by atoms with Crippen LogP contribution in [0, 0.1) is 17.6 Å². The van der Waals surface area contributed by atoms with Crippen LogP contribution < -0.4 is 10.6 Å². The number of rotatable bonds is 4. The lowest BCUT2D eigenvalue weighted by Crippen LogP contribution is -2.30. The Kier molecular flexibility index (Phi) is 5.48. The highest BCUT2D eigenvalue weighted by Gasteiger charge is 2.16. The lowest BCUT2D eigenvalue weighted by Gasteiger charge is -2.22. The zero-order valence-corrected chi connectivity index (χ0v) is 12.6. The molecule has 0 radical (unpaired) electrons. The van der Waals surface area contributed by atoms with E-state index in [1.165, 1.54) is 0 Å². The lowest BCUT2D eigenvalue weighted by molar-refractivity contribution is -0.116. The van der Waals surface area contributed by atoms with Gasteiger partial charge in [-0.2, -0.15) is 0 Å². The number of halogens is 3. The minimum atomic E-state index is -0.647. The monoisotopic (exact) mass is 346 g/mol. The summed E-state index contributed by atoms with van der Waals surface area (Å²) in [6.45, 7) is 1.96. The summed E-state index contributed by atoms with van der Waals surface area (Å²) >= 11 is 2.89. The number of hydrogen-bond acceptors (Lipinski definition) is 2. The molecule has 1 amide bonds. The highest BCUT2D eigenvalue weighted by molar-refractivity contribution is 9.10. The number of benzene rings is 1. The van der Waals surface area contributed by atoms with Crippen molar-refractivity contribution in [2.45, 2.75) is 25.7 Å². The van der Waals surface area contributed by atoms with Crippen LogP contribution >= 0.6 is 15.9 Å². The second-order valence-corrected chi connectivity index (χ2v) is 5.90. The maximum atomic E-state index is 13.6. The van der Waals surface area contributed by atoms with E-state index in [-0.39, 0.29) is 16.1 Å². The summed E-state index contributed by atoms with van der Waals surface area (Å²) < 4.78 is 26.9. The minimum absolute atomic E-state index is 0.0429. The molecule has 1 fully saturated rings. The third-order valence-electron chi connectivity index (χ3n) is 3.46. The molecule has 6 heteroatoms. The molecule has 0 aliphatic carbocycles. The number of amides is 1. The van der Waals surface area contributed by atoms with Crippen LogP contribution in [0.5, 0.6) is 0 Å². The molecule has 0 saturated carbocycles. The molecule has 1 aromatic rings. The van der Waals surface area contributed by atoms with Crippen LogP contribution in [0.3, 0.4) is 0 Å². The first-order valence-corrected chi connectivity index (χ1v) is 7.50. The summed E-state index contributed by atoms with van der Waals surface area (Å²) in [5.74, 6) is -1.04. The molecular weight excluding hydrogens is 330 g/mol. The smallest absolute Gasteiger partial charge is 0.224 e. The molecular formula is C14H17BrF2N2O. The fraction of sp³-hybridized carbons (Fsp3) is 0.500. The Morgan fingerprint density at radius 2 is 2.20 bits per heavy atom. The van der Waals surface area contributed by atoms with E-state index in [1.54, 1.807) is 0 Å². The van der Waals surface area contributed by atoms with E-state index in [1.807, 2.05) is 0 Å². The molecule has 2 rings (SSSR count). The minimum Gasteiger partial charge on any atom is -0.324 e. The lowest BCUT2D eigenvalue weighted by atomic mass is 9.94. The van der Waals surface area contributed by atoms with Crippen LogP contribution in [-0.2, 0) is 4.79 Å². The van der Waals surface area contributed by atoms with Gasteiger partial charge in [0.25, 0.3) is 0 Å². The van der Waals surface area contributed by atoms with Gasteiger partial charge in [-0.15, -0.1) is 0 Å². The highest BCUT2D eigenvalue weighted by atomic mass is 79.9. The number of carbonyl (C=O) groups excluding carboxylic acids is 1. The SMILES string of the molecule is O=C(CCC1CCCNC1)Nc1cc(F)c(Br)cc1F. The van der Waals surface area contributed by atoms with Crippen molar-refractivity contribution >= 4 is 27.5 Å². The van der Waals surface area contributed by atoms with Crippen LogP contribution in [0.1, 0.15) is 25.7 Å². The number of hydrogen-bond donors (Lipinski definition) is 2. The fourth-order valence-electron chi connectivity index (χ4n) is 2.34. The van der Waals surface area contributed by atoms with Gasteiger partial charge < -0.3 is 10.6 Å². The molecule has 1 atom stereocenters. The molecule has 20 heavy (non-hydrogen) atoms. The summed E-state index contributed by atoms with van der Waals surface area (Å²) in [7, 11) is 0. The molecule has 2 N–H and O–H groups in total. The Morgan fingerprint density at radius 1 is 1.40 bits per heavy atom. The largest absolute Gasteiger partial charge is 0.324 e. The van der Waals surface area contributed by atoms with Gasteiger partial charge >= 0.3 is 0 Å². The van der Waals surface area contributed by atoms with E-state index >= 15 is 0 Å². The van der Waals surface area contributed by atoms with Crippen molar-refractivity contribution in [2.24, 2.45) is 5.92 Å². The maximum absolute atomic E-state index is 13.6. The van der Waals surface area contributed by atoms with Crippen molar-refractivity contribution in [1.82, 2.24) is 5.32 Å². The van der Waals surface area contributed by atoms with E-state index < -0.39 is 11.6 Å². The molecule has 0 spiro atoms. The van der Waals surface area contributed by atoms with Crippen LogP contribution in [0.25, 0.3) is 0 Å². The summed E-state index contributed by atoms with van der Waals surface area (Å²) in [6, 6.07) is 2.00. The van der Waals surface area contributed by atoms with Gasteiger partial charge in [0.2, 0.25) is 5.91 Å². The Balaban J connectivity index is 1.86. The van der Waals surface area contributed by atoms with Crippen LogP contribution in [0.2, 0.25) is 0 Å². The molecule has 1 saturated heterocycles. The second-order valence-electron chi connectivity index (χ2n) is 5.05. The van der Waals surface area contributed by atoms with Crippen molar-refractivity contribution in [3.05, 3.63) is 28.2 Å². The van der Waals surface area contributed by atoms with Crippen molar-refractivity contribution in [1.29, 1.82) is 0 Å². The first-order chi connectivity index (χ1) is 9.56.